The first-order valence-electron chi connectivity index (χ1n) is 6.71. The third-order valence-electron chi connectivity index (χ3n) is 3.78. The molecule has 5 heteroatoms. The van der Waals surface area contributed by atoms with Crippen molar-refractivity contribution < 1.29 is 4.79 Å². The van der Waals surface area contributed by atoms with Gasteiger partial charge in [0.25, 0.3) is 5.91 Å². The molecule has 1 aromatic heterocycles. The molecule has 0 spiro atoms. The lowest BCUT2D eigenvalue weighted by atomic mass is 9.98. The zero-order valence-electron chi connectivity index (χ0n) is 11.8. The molecule has 0 bridgehead atoms. The van der Waals surface area contributed by atoms with Crippen LogP contribution in [0, 0.1) is 6.92 Å². The van der Waals surface area contributed by atoms with Gasteiger partial charge < -0.3 is 16.0 Å². The number of hydrogen-bond acceptors (Lipinski definition) is 4. The van der Waals surface area contributed by atoms with Crippen LogP contribution < -0.4 is 11.1 Å². The summed E-state index contributed by atoms with van der Waals surface area (Å²) in [5, 5.41) is 3.09. The molecule has 104 valence electrons. The van der Waals surface area contributed by atoms with Crippen LogP contribution in [-0.2, 0) is 0 Å². The van der Waals surface area contributed by atoms with Crippen LogP contribution in [0.4, 0.5) is 5.82 Å². The maximum atomic E-state index is 12.2. The lowest BCUT2D eigenvalue weighted by Crippen LogP contribution is -2.47. The van der Waals surface area contributed by atoms with Crippen LogP contribution in [0.5, 0.6) is 0 Å². The number of nitrogen functional groups attached to an aromatic ring is 1. The Hall–Kier alpha value is -1.62. The monoisotopic (exact) mass is 262 g/mol. The van der Waals surface area contributed by atoms with Crippen molar-refractivity contribution >= 4 is 11.7 Å². The zero-order valence-corrected chi connectivity index (χ0v) is 11.8. The smallest absolute Gasteiger partial charge is 0.251 e. The molecular formula is C14H22N4O. The van der Waals surface area contributed by atoms with Gasteiger partial charge in [0.15, 0.2) is 0 Å². The Morgan fingerprint density at radius 2 is 2.26 bits per heavy atom. The minimum absolute atomic E-state index is 0.0565. The molecule has 1 saturated heterocycles. The summed E-state index contributed by atoms with van der Waals surface area (Å²) in [7, 11) is 2.12. The summed E-state index contributed by atoms with van der Waals surface area (Å²) in [5.41, 5.74) is 7.03. The first kappa shape index (κ1) is 13.8. The number of anilines is 1. The van der Waals surface area contributed by atoms with Crippen LogP contribution in [0.3, 0.4) is 0 Å². The third-order valence-corrected chi connectivity index (χ3v) is 3.78. The molecule has 1 fully saturated rings. The first-order valence-corrected chi connectivity index (χ1v) is 6.71. The average molecular weight is 262 g/mol. The number of pyridine rings is 1. The maximum absolute atomic E-state index is 12.2. The summed E-state index contributed by atoms with van der Waals surface area (Å²) in [4.78, 5) is 18.6. The molecule has 1 aromatic rings. The average Bonchev–Trinajstić information content (AvgIpc) is 2.32. The van der Waals surface area contributed by atoms with Gasteiger partial charge in [-0.25, -0.2) is 4.98 Å². The Bertz CT molecular complexity index is 454. The van der Waals surface area contributed by atoms with Gasteiger partial charge in [-0.3, -0.25) is 4.79 Å². The van der Waals surface area contributed by atoms with Gasteiger partial charge in [0, 0.05) is 29.9 Å². The van der Waals surface area contributed by atoms with E-state index < -0.39 is 0 Å². The summed E-state index contributed by atoms with van der Waals surface area (Å²) < 4.78 is 0. The molecule has 2 rings (SSSR count). The van der Waals surface area contributed by atoms with Crippen molar-refractivity contribution in [2.24, 2.45) is 0 Å². The SMILES string of the molecule is Cc1cc(C(=O)NC2CCN(C)C(C)C2)cc(N)n1. The largest absolute Gasteiger partial charge is 0.384 e. The number of hydrogen-bond donors (Lipinski definition) is 2. The number of nitrogens with one attached hydrogen (secondary N) is 1. The molecule has 0 saturated carbocycles. The molecule has 0 radical (unpaired) electrons. The second-order valence-electron chi connectivity index (χ2n) is 5.45. The summed E-state index contributed by atoms with van der Waals surface area (Å²) in [5.74, 6) is 0.334. The Labute approximate surface area is 114 Å². The van der Waals surface area contributed by atoms with Crippen LogP contribution in [0.1, 0.15) is 35.8 Å². The molecule has 3 N–H and O–H groups in total. The highest BCUT2D eigenvalue weighted by Gasteiger charge is 2.24. The molecule has 2 unspecified atom stereocenters. The first-order chi connectivity index (χ1) is 8.95. The second-order valence-corrected chi connectivity index (χ2v) is 5.45. The number of nitrogens with zero attached hydrogens (tertiary/aromatic N) is 2. The van der Waals surface area contributed by atoms with E-state index in [1.54, 1.807) is 12.1 Å². The van der Waals surface area contributed by atoms with Gasteiger partial charge >= 0.3 is 0 Å². The van der Waals surface area contributed by atoms with E-state index in [0.717, 1.165) is 25.1 Å². The number of carbonyl (C=O) groups excluding carboxylic acids is 1. The highest BCUT2D eigenvalue weighted by molar-refractivity contribution is 5.95. The summed E-state index contributed by atoms with van der Waals surface area (Å²) >= 11 is 0. The quantitative estimate of drug-likeness (QED) is 0.839. The lowest BCUT2D eigenvalue weighted by Gasteiger charge is -2.35. The van der Waals surface area contributed by atoms with Gasteiger partial charge in [-0.05, 0) is 45.9 Å². The van der Waals surface area contributed by atoms with Gasteiger partial charge in [0.2, 0.25) is 0 Å². The third kappa shape index (κ3) is 3.44. The predicted molar refractivity (Wildman–Crippen MR) is 76.0 cm³/mol. The van der Waals surface area contributed by atoms with E-state index >= 15 is 0 Å². The normalized spacial score (nSPS) is 24.2. The van der Waals surface area contributed by atoms with Crippen molar-refractivity contribution in [2.75, 3.05) is 19.3 Å². The Morgan fingerprint density at radius 1 is 1.53 bits per heavy atom. The molecule has 0 aliphatic carbocycles. The fraction of sp³-hybridized carbons (Fsp3) is 0.571. The molecule has 1 aliphatic rings. The second kappa shape index (κ2) is 5.57. The standard InChI is InChI=1S/C14H22N4O/c1-9-6-11(8-13(15)16-9)14(19)17-12-4-5-18(3)10(2)7-12/h6,8,10,12H,4-5,7H2,1-3H3,(H2,15,16)(H,17,19). The topological polar surface area (TPSA) is 71.2 Å². The van der Waals surface area contributed by atoms with E-state index in [1.807, 2.05) is 6.92 Å². The molecule has 0 aromatic carbocycles. The number of likely N-dealkylation sites (tertiary alicyclic amines) is 1. The molecule has 5 nitrogen and oxygen atoms in total. The van der Waals surface area contributed by atoms with Crippen LogP contribution in [-0.4, -0.2) is 41.5 Å². The summed E-state index contributed by atoms with van der Waals surface area (Å²) in [6.07, 6.45) is 1.98. The number of aryl methyl sites for hydroxylation is 1. The van der Waals surface area contributed by atoms with E-state index in [-0.39, 0.29) is 11.9 Å². The molecule has 2 heterocycles. The fourth-order valence-electron chi connectivity index (χ4n) is 2.51. The molecule has 2 atom stereocenters. The van der Waals surface area contributed by atoms with Gasteiger partial charge in [-0.15, -0.1) is 0 Å². The minimum Gasteiger partial charge on any atom is -0.384 e. The Morgan fingerprint density at radius 3 is 2.89 bits per heavy atom. The van der Waals surface area contributed by atoms with Crippen molar-refractivity contribution in [3.8, 4) is 0 Å². The van der Waals surface area contributed by atoms with E-state index in [9.17, 15) is 4.79 Å². The molecule has 1 aliphatic heterocycles. The van der Waals surface area contributed by atoms with Crippen LogP contribution in [0.2, 0.25) is 0 Å². The Balaban J connectivity index is 2.01. The number of nitrogens with two attached hydrogens (primary N) is 1. The van der Waals surface area contributed by atoms with Crippen molar-refractivity contribution in [1.82, 2.24) is 15.2 Å². The number of carbonyl (C=O) groups is 1. The molecular weight excluding hydrogens is 240 g/mol. The van der Waals surface area contributed by atoms with Gasteiger partial charge in [-0.1, -0.05) is 0 Å². The van der Waals surface area contributed by atoms with Gasteiger partial charge in [0.05, 0.1) is 0 Å². The van der Waals surface area contributed by atoms with Gasteiger partial charge in [-0.2, -0.15) is 0 Å². The van der Waals surface area contributed by atoms with Crippen LogP contribution in [0.25, 0.3) is 0 Å². The highest BCUT2D eigenvalue weighted by atomic mass is 16.1. The van der Waals surface area contributed by atoms with E-state index in [1.165, 1.54) is 0 Å². The fourth-order valence-corrected chi connectivity index (χ4v) is 2.51. The summed E-state index contributed by atoms with van der Waals surface area (Å²) in [6.45, 7) is 5.04. The number of amides is 1. The van der Waals surface area contributed by atoms with Crippen LogP contribution in [0.15, 0.2) is 12.1 Å². The van der Waals surface area contributed by atoms with Crippen LogP contribution >= 0.6 is 0 Å². The van der Waals surface area contributed by atoms with Crippen molar-refractivity contribution in [2.45, 2.75) is 38.8 Å². The number of rotatable bonds is 2. The van der Waals surface area contributed by atoms with E-state index in [0.29, 0.717) is 17.4 Å². The van der Waals surface area contributed by atoms with Crippen molar-refractivity contribution in [1.29, 1.82) is 0 Å². The summed E-state index contributed by atoms with van der Waals surface area (Å²) in [6, 6.07) is 4.14. The molecule has 19 heavy (non-hydrogen) atoms. The number of piperidine rings is 1. The Kier molecular flexibility index (Phi) is 4.04. The number of aromatic nitrogens is 1. The molecule has 1 amide bonds. The van der Waals surface area contributed by atoms with Gasteiger partial charge in [0.1, 0.15) is 5.82 Å². The van der Waals surface area contributed by atoms with E-state index in [4.69, 9.17) is 5.73 Å². The predicted octanol–water partition coefficient (Wildman–Crippen LogP) is 1.18. The maximum Gasteiger partial charge on any atom is 0.251 e. The minimum atomic E-state index is -0.0565. The highest BCUT2D eigenvalue weighted by Crippen LogP contribution is 2.16. The van der Waals surface area contributed by atoms with E-state index in [2.05, 4.69) is 29.2 Å². The van der Waals surface area contributed by atoms with Crippen molar-refractivity contribution in [3.05, 3.63) is 23.4 Å². The lowest BCUT2D eigenvalue weighted by molar-refractivity contribution is 0.0896. The zero-order chi connectivity index (χ0) is 14.0. The van der Waals surface area contributed by atoms with Crippen molar-refractivity contribution in [3.63, 3.8) is 0 Å².